The van der Waals surface area contributed by atoms with Gasteiger partial charge in [0.2, 0.25) is 0 Å². The number of aromatic carboxylic acids is 1. The van der Waals surface area contributed by atoms with E-state index in [1.165, 1.54) is 0 Å². The Hall–Kier alpha value is -1.36. The molecule has 1 aliphatic rings. The van der Waals surface area contributed by atoms with E-state index in [9.17, 15) is 13.2 Å². The lowest BCUT2D eigenvalue weighted by Gasteiger charge is -1.88. The van der Waals surface area contributed by atoms with Gasteiger partial charge in [0, 0.05) is 0 Å². The molecule has 0 aliphatic carbocycles. The Morgan fingerprint density at radius 1 is 1.06 bits per heavy atom. The van der Waals surface area contributed by atoms with Gasteiger partial charge in [-0.1, -0.05) is 18.2 Å². The minimum absolute atomic E-state index is 0.331. The molecule has 0 radical (unpaired) electrons. The van der Waals surface area contributed by atoms with Gasteiger partial charge in [-0.15, -0.1) is 0 Å². The maximum atomic E-state index is 10.4. The summed E-state index contributed by atoms with van der Waals surface area (Å²) in [5, 5.41) is 8.38. The van der Waals surface area contributed by atoms with E-state index in [0.29, 0.717) is 17.1 Å². The lowest BCUT2D eigenvalue weighted by Crippen LogP contribution is -1.98. The lowest BCUT2D eigenvalue weighted by molar-refractivity contribution is 0.0697. The highest BCUT2D eigenvalue weighted by molar-refractivity contribution is 7.91. The molecule has 5 heteroatoms. The Morgan fingerprint density at radius 2 is 1.56 bits per heavy atom. The molecule has 0 bridgehead atoms. The number of hydrogen-bond acceptors (Lipinski definition) is 3. The summed E-state index contributed by atoms with van der Waals surface area (Å²) in [6.45, 7) is 0. The van der Waals surface area contributed by atoms with Crippen LogP contribution >= 0.6 is 0 Å². The minimum atomic E-state index is -2.55. The van der Waals surface area contributed by atoms with Crippen LogP contribution in [0.5, 0.6) is 0 Å². The second-order valence-corrected chi connectivity index (χ2v) is 5.83. The first-order valence-electron chi connectivity index (χ1n) is 5.00. The second kappa shape index (κ2) is 5.65. The molecule has 1 heterocycles. The van der Waals surface area contributed by atoms with Crippen LogP contribution in [0.3, 0.4) is 0 Å². The first-order chi connectivity index (χ1) is 7.51. The Morgan fingerprint density at radius 3 is 1.81 bits per heavy atom. The Labute approximate surface area is 94.8 Å². The molecule has 0 saturated carbocycles. The summed E-state index contributed by atoms with van der Waals surface area (Å²) in [5.41, 5.74) is 0.331. The molecule has 4 nitrogen and oxygen atoms in total. The number of hydrogen-bond donors (Lipinski definition) is 1. The van der Waals surface area contributed by atoms with Gasteiger partial charge >= 0.3 is 5.97 Å². The van der Waals surface area contributed by atoms with Crippen LogP contribution in [0.2, 0.25) is 0 Å². The van der Waals surface area contributed by atoms with Crippen LogP contribution in [0, 0.1) is 0 Å². The van der Waals surface area contributed by atoms with Gasteiger partial charge in [-0.25, -0.2) is 13.2 Å². The number of carboxylic acid groups (broad SMARTS) is 1. The van der Waals surface area contributed by atoms with E-state index in [4.69, 9.17) is 5.11 Å². The van der Waals surface area contributed by atoms with Crippen molar-refractivity contribution >= 4 is 15.8 Å². The third kappa shape index (κ3) is 4.44. The number of benzene rings is 1. The van der Waals surface area contributed by atoms with Crippen LogP contribution in [0.15, 0.2) is 30.3 Å². The number of carboxylic acids is 1. The molecule has 1 saturated heterocycles. The van der Waals surface area contributed by atoms with Gasteiger partial charge in [0.25, 0.3) is 0 Å². The van der Waals surface area contributed by atoms with Gasteiger partial charge in [-0.05, 0) is 25.0 Å². The van der Waals surface area contributed by atoms with E-state index in [0.717, 1.165) is 12.8 Å². The predicted molar refractivity (Wildman–Crippen MR) is 61.3 cm³/mol. The van der Waals surface area contributed by atoms with E-state index >= 15 is 0 Å². The Bertz CT molecular complexity index is 424. The molecule has 1 N–H and O–H groups in total. The van der Waals surface area contributed by atoms with Gasteiger partial charge < -0.3 is 5.11 Å². The van der Waals surface area contributed by atoms with Crippen LogP contribution in [-0.4, -0.2) is 31.0 Å². The summed E-state index contributed by atoms with van der Waals surface area (Å²) >= 11 is 0. The number of rotatable bonds is 1. The molecule has 1 aliphatic heterocycles. The maximum absolute atomic E-state index is 10.4. The summed E-state index contributed by atoms with van der Waals surface area (Å²) in [6, 6.07) is 8.30. The summed E-state index contributed by atoms with van der Waals surface area (Å²) in [4.78, 5) is 10.2. The fourth-order valence-electron chi connectivity index (χ4n) is 1.33. The minimum Gasteiger partial charge on any atom is -0.478 e. The maximum Gasteiger partial charge on any atom is 0.335 e. The Kier molecular flexibility index (Phi) is 4.49. The van der Waals surface area contributed by atoms with Crippen LogP contribution < -0.4 is 0 Å². The number of carbonyl (C=O) groups is 1. The highest BCUT2D eigenvalue weighted by atomic mass is 32.2. The first-order valence-corrected chi connectivity index (χ1v) is 6.82. The van der Waals surface area contributed by atoms with Crippen molar-refractivity contribution in [2.75, 3.05) is 11.5 Å². The molecular weight excluding hydrogens is 228 g/mol. The molecule has 1 fully saturated rings. The van der Waals surface area contributed by atoms with Crippen molar-refractivity contribution < 1.29 is 18.3 Å². The van der Waals surface area contributed by atoms with Crippen LogP contribution in [0.1, 0.15) is 23.2 Å². The van der Waals surface area contributed by atoms with E-state index in [2.05, 4.69) is 0 Å². The average Bonchev–Trinajstić information content (AvgIpc) is 2.65. The van der Waals surface area contributed by atoms with Gasteiger partial charge in [-0.3, -0.25) is 0 Å². The zero-order valence-electron chi connectivity index (χ0n) is 8.80. The smallest absolute Gasteiger partial charge is 0.335 e. The van der Waals surface area contributed by atoms with Gasteiger partial charge in [-0.2, -0.15) is 0 Å². The molecule has 1 aromatic carbocycles. The van der Waals surface area contributed by atoms with Crippen LogP contribution in [-0.2, 0) is 9.84 Å². The monoisotopic (exact) mass is 242 g/mol. The molecule has 88 valence electrons. The second-order valence-electron chi connectivity index (χ2n) is 3.53. The average molecular weight is 242 g/mol. The van der Waals surface area contributed by atoms with E-state index < -0.39 is 15.8 Å². The molecule has 16 heavy (non-hydrogen) atoms. The third-order valence-corrected chi connectivity index (χ3v) is 4.00. The first kappa shape index (κ1) is 12.7. The molecule has 0 aromatic heterocycles. The molecule has 0 unspecified atom stereocenters. The van der Waals surface area contributed by atoms with Crippen molar-refractivity contribution in [3.63, 3.8) is 0 Å². The highest BCUT2D eigenvalue weighted by Crippen LogP contribution is 2.08. The molecule has 0 atom stereocenters. The van der Waals surface area contributed by atoms with Gasteiger partial charge in [0.15, 0.2) is 0 Å². The van der Waals surface area contributed by atoms with E-state index in [-0.39, 0.29) is 0 Å². The van der Waals surface area contributed by atoms with Crippen molar-refractivity contribution in [2.24, 2.45) is 0 Å². The summed E-state index contributed by atoms with van der Waals surface area (Å²) < 4.78 is 20.9. The fourth-order valence-corrected chi connectivity index (χ4v) is 2.82. The van der Waals surface area contributed by atoms with Crippen molar-refractivity contribution in [2.45, 2.75) is 12.8 Å². The van der Waals surface area contributed by atoms with Gasteiger partial charge in [0.1, 0.15) is 9.84 Å². The summed E-state index contributed by atoms with van der Waals surface area (Å²) in [6.07, 6.45) is 1.75. The van der Waals surface area contributed by atoms with Crippen molar-refractivity contribution in [1.82, 2.24) is 0 Å². The van der Waals surface area contributed by atoms with Crippen molar-refractivity contribution in [3.05, 3.63) is 35.9 Å². The van der Waals surface area contributed by atoms with E-state index in [1.54, 1.807) is 30.3 Å². The van der Waals surface area contributed by atoms with Crippen LogP contribution in [0.4, 0.5) is 0 Å². The zero-order valence-corrected chi connectivity index (χ0v) is 9.61. The summed E-state index contributed by atoms with van der Waals surface area (Å²) in [5.74, 6) is -0.0319. The molecule has 0 spiro atoms. The van der Waals surface area contributed by atoms with E-state index in [1.807, 2.05) is 0 Å². The van der Waals surface area contributed by atoms with Crippen molar-refractivity contribution in [3.8, 4) is 0 Å². The lowest BCUT2D eigenvalue weighted by atomic mass is 10.2. The predicted octanol–water partition coefficient (Wildman–Crippen LogP) is 1.58. The normalized spacial score (nSPS) is 17.2. The van der Waals surface area contributed by atoms with Crippen LogP contribution in [0.25, 0.3) is 0 Å². The SMILES string of the molecule is O=C(O)c1ccccc1.O=S1(=O)CCCC1. The largest absolute Gasteiger partial charge is 0.478 e. The highest BCUT2D eigenvalue weighted by Gasteiger charge is 2.16. The summed E-state index contributed by atoms with van der Waals surface area (Å²) in [7, 11) is -2.55. The molecule has 0 amide bonds. The topological polar surface area (TPSA) is 71.4 Å². The third-order valence-electron chi connectivity index (χ3n) is 2.18. The Balaban J connectivity index is 0.000000165. The fraction of sp³-hybridized carbons (Fsp3) is 0.364. The standard InChI is InChI=1S/C7H6O2.C4H8O2S/c8-7(9)6-4-2-1-3-5-6;5-7(6)3-1-2-4-7/h1-5H,(H,8,9);1-4H2. The molecule has 1 aromatic rings. The number of sulfone groups is 1. The molecular formula is C11H14O4S. The zero-order chi connectivity index (χ0) is 12.0. The quantitative estimate of drug-likeness (QED) is 0.811. The van der Waals surface area contributed by atoms with Gasteiger partial charge in [0.05, 0.1) is 17.1 Å². The molecule has 2 rings (SSSR count). The van der Waals surface area contributed by atoms with Crippen molar-refractivity contribution in [1.29, 1.82) is 0 Å².